The maximum Gasteiger partial charge on any atom is 0.309 e. The molecule has 7 nitrogen and oxygen atoms in total. The van der Waals surface area contributed by atoms with Gasteiger partial charge in [0.2, 0.25) is 0 Å². The van der Waals surface area contributed by atoms with E-state index in [0.717, 1.165) is 5.56 Å². The Labute approximate surface area is 146 Å². The quantitative estimate of drug-likeness (QED) is 0.510. The fourth-order valence-corrected chi connectivity index (χ4v) is 1.74. The minimum atomic E-state index is -0.576. The molecule has 1 unspecified atom stereocenters. The van der Waals surface area contributed by atoms with Crippen molar-refractivity contribution in [3.05, 3.63) is 42.5 Å². The molecule has 0 aliphatic carbocycles. The topological polar surface area (TPSA) is 90.9 Å². The molecule has 136 valence electrons. The van der Waals surface area contributed by atoms with Crippen LogP contribution in [0.3, 0.4) is 0 Å². The van der Waals surface area contributed by atoms with Crippen molar-refractivity contribution in [2.45, 2.75) is 20.0 Å². The highest BCUT2D eigenvalue weighted by molar-refractivity contribution is 5.79. The third-order valence-electron chi connectivity index (χ3n) is 3.19. The predicted molar refractivity (Wildman–Crippen MR) is 90.7 cm³/mol. The first-order chi connectivity index (χ1) is 12.0. The summed E-state index contributed by atoms with van der Waals surface area (Å²) in [5, 5.41) is 2.45. The van der Waals surface area contributed by atoms with E-state index in [4.69, 9.17) is 14.2 Å². The van der Waals surface area contributed by atoms with E-state index in [9.17, 15) is 14.4 Å². The molecule has 7 heteroatoms. The Morgan fingerprint density at radius 2 is 1.88 bits per heavy atom. The molecule has 1 aromatic rings. The molecule has 1 atom stereocenters. The Morgan fingerprint density at radius 3 is 2.48 bits per heavy atom. The Hall–Kier alpha value is -2.83. The van der Waals surface area contributed by atoms with Crippen molar-refractivity contribution in [3.8, 4) is 5.75 Å². The monoisotopic (exact) mass is 349 g/mol. The van der Waals surface area contributed by atoms with E-state index in [0.29, 0.717) is 5.75 Å². The number of rotatable bonds is 10. The van der Waals surface area contributed by atoms with Gasteiger partial charge in [0.05, 0.1) is 12.3 Å². The van der Waals surface area contributed by atoms with Crippen molar-refractivity contribution in [1.82, 2.24) is 5.32 Å². The average Bonchev–Trinajstić information content (AvgIpc) is 2.63. The Morgan fingerprint density at radius 1 is 1.20 bits per heavy atom. The molecule has 0 aliphatic rings. The normalized spacial score (nSPS) is 11.1. The zero-order valence-electron chi connectivity index (χ0n) is 14.4. The first-order valence-electron chi connectivity index (χ1n) is 7.81. The number of benzene rings is 1. The van der Waals surface area contributed by atoms with E-state index in [1.807, 2.05) is 0 Å². The van der Waals surface area contributed by atoms with E-state index < -0.39 is 17.9 Å². The number of likely N-dealkylation sites (N-methyl/N-ethyl adjacent to an activating group) is 1. The molecule has 0 saturated heterocycles. The molecule has 1 amide bonds. The van der Waals surface area contributed by atoms with Gasteiger partial charge in [-0.1, -0.05) is 31.7 Å². The molecule has 0 heterocycles. The Balaban J connectivity index is 2.37. The standard InChI is InChI=1S/C18H23NO6/c1-4-9-23-18(22)13(2)10-17(21)25-11-14-5-7-15(8-6-14)24-12-16(20)19-3/h4-8,13H,1,9-12H2,2-3H3,(H,19,20). The Kier molecular flexibility index (Phi) is 8.78. The lowest BCUT2D eigenvalue weighted by atomic mass is 10.1. The first kappa shape index (κ1) is 20.2. The summed E-state index contributed by atoms with van der Waals surface area (Å²) < 4.78 is 15.3. The smallest absolute Gasteiger partial charge is 0.309 e. The van der Waals surface area contributed by atoms with Gasteiger partial charge in [0.15, 0.2) is 6.61 Å². The van der Waals surface area contributed by atoms with Gasteiger partial charge in [-0.05, 0) is 17.7 Å². The van der Waals surface area contributed by atoms with Gasteiger partial charge < -0.3 is 19.5 Å². The highest BCUT2D eigenvalue weighted by Crippen LogP contribution is 2.14. The van der Waals surface area contributed by atoms with Gasteiger partial charge in [0.1, 0.15) is 19.0 Å². The average molecular weight is 349 g/mol. The third-order valence-corrected chi connectivity index (χ3v) is 3.19. The molecule has 0 bridgehead atoms. The van der Waals surface area contributed by atoms with Crippen LogP contribution in [0.2, 0.25) is 0 Å². The number of carbonyl (C=O) groups is 3. The number of ether oxygens (including phenoxy) is 3. The van der Waals surface area contributed by atoms with Crippen molar-refractivity contribution >= 4 is 17.8 Å². The van der Waals surface area contributed by atoms with Crippen LogP contribution < -0.4 is 10.1 Å². The summed E-state index contributed by atoms with van der Waals surface area (Å²) >= 11 is 0. The van der Waals surface area contributed by atoms with Crippen LogP contribution in [0.25, 0.3) is 0 Å². The van der Waals surface area contributed by atoms with Crippen LogP contribution in [0, 0.1) is 5.92 Å². The van der Waals surface area contributed by atoms with Crippen LogP contribution in [-0.2, 0) is 30.5 Å². The van der Waals surface area contributed by atoms with E-state index in [1.54, 1.807) is 31.2 Å². The second-order valence-corrected chi connectivity index (χ2v) is 5.29. The van der Waals surface area contributed by atoms with Crippen molar-refractivity contribution in [2.24, 2.45) is 5.92 Å². The molecule has 25 heavy (non-hydrogen) atoms. The van der Waals surface area contributed by atoms with Gasteiger partial charge in [-0.3, -0.25) is 14.4 Å². The second kappa shape index (κ2) is 10.9. The largest absolute Gasteiger partial charge is 0.484 e. The second-order valence-electron chi connectivity index (χ2n) is 5.29. The van der Waals surface area contributed by atoms with Crippen LogP contribution in [0.1, 0.15) is 18.9 Å². The number of hydrogen-bond donors (Lipinski definition) is 1. The van der Waals surface area contributed by atoms with Gasteiger partial charge >= 0.3 is 11.9 Å². The zero-order valence-corrected chi connectivity index (χ0v) is 14.4. The summed E-state index contributed by atoms with van der Waals surface area (Å²) in [7, 11) is 1.53. The van der Waals surface area contributed by atoms with Crippen molar-refractivity contribution in [2.75, 3.05) is 20.3 Å². The van der Waals surface area contributed by atoms with Gasteiger partial charge in [-0.2, -0.15) is 0 Å². The summed E-state index contributed by atoms with van der Waals surface area (Å²) in [6, 6.07) is 6.82. The molecule has 0 aliphatic heterocycles. The minimum absolute atomic E-state index is 0.0523. The van der Waals surface area contributed by atoms with Crippen LogP contribution in [0.5, 0.6) is 5.75 Å². The van der Waals surface area contributed by atoms with Crippen LogP contribution in [0.15, 0.2) is 36.9 Å². The maximum atomic E-state index is 11.8. The molecular formula is C18H23NO6. The summed E-state index contributed by atoms with van der Waals surface area (Å²) in [6.45, 7) is 5.19. The van der Waals surface area contributed by atoms with Crippen molar-refractivity contribution < 1.29 is 28.6 Å². The van der Waals surface area contributed by atoms with E-state index in [2.05, 4.69) is 11.9 Å². The fourth-order valence-electron chi connectivity index (χ4n) is 1.74. The van der Waals surface area contributed by atoms with Gasteiger partial charge in [-0.25, -0.2) is 0 Å². The van der Waals surface area contributed by atoms with E-state index >= 15 is 0 Å². The van der Waals surface area contributed by atoms with Crippen molar-refractivity contribution in [3.63, 3.8) is 0 Å². The molecule has 0 aromatic heterocycles. The minimum Gasteiger partial charge on any atom is -0.484 e. The van der Waals surface area contributed by atoms with Gasteiger partial charge in [-0.15, -0.1) is 0 Å². The highest BCUT2D eigenvalue weighted by atomic mass is 16.5. The fraction of sp³-hybridized carbons (Fsp3) is 0.389. The molecule has 0 saturated carbocycles. The maximum absolute atomic E-state index is 11.8. The van der Waals surface area contributed by atoms with Gasteiger partial charge in [0.25, 0.3) is 5.91 Å². The molecule has 0 radical (unpaired) electrons. The third kappa shape index (κ3) is 8.01. The van der Waals surface area contributed by atoms with Crippen LogP contribution >= 0.6 is 0 Å². The first-order valence-corrected chi connectivity index (χ1v) is 7.81. The lowest BCUT2D eigenvalue weighted by Gasteiger charge is -2.11. The van der Waals surface area contributed by atoms with Gasteiger partial charge in [0, 0.05) is 7.05 Å². The zero-order chi connectivity index (χ0) is 18.7. The lowest BCUT2D eigenvalue weighted by molar-refractivity contribution is -0.154. The number of esters is 2. The Bertz CT molecular complexity index is 596. The van der Waals surface area contributed by atoms with Crippen molar-refractivity contribution in [1.29, 1.82) is 0 Å². The SMILES string of the molecule is C=CCOC(=O)C(C)CC(=O)OCc1ccc(OCC(=O)NC)cc1. The van der Waals surface area contributed by atoms with E-state index in [-0.39, 0.29) is 32.1 Å². The lowest BCUT2D eigenvalue weighted by Crippen LogP contribution is -2.24. The molecule has 1 aromatic carbocycles. The predicted octanol–water partition coefficient (Wildman–Crippen LogP) is 1.61. The van der Waals surface area contributed by atoms with Crippen LogP contribution in [-0.4, -0.2) is 38.1 Å². The molecule has 1 N–H and O–H groups in total. The number of hydrogen-bond acceptors (Lipinski definition) is 6. The summed E-state index contributed by atoms with van der Waals surface area (Å²) in [5.74, 6) is -1.21. The molecule has 1 rings (SSSR count). The van der Waals surface area contributed by atoms with E-state index in [1.165, 1.54) is 13.1 Å². The number of carbonyl (C=O) groups excluding carboxylic acids is 3. The molecule has 0 fully saturated rings. The highest BCUT2D eigenvalue weighted by Gasteiger charge is 2.19. The molecular weight excluding hydrogens is 326 g/mol. The summed E-state index contributed by atoms with van der Waals surface area (Å²) in [5.41, 5.74) is 0.766. The summed E-state index contributed by atoms with van der Waals surface area (Å²) in [4.78, 5) is 34.4. The number of nitrogens with one attached hydrogen (secondary N) is 1. The number of amides is 1. The summed E-state index contributed by atoms with van der Waals surface area (Å²) in [6.07, 6.45) is 1.41. The molecule has 0 spiro atoms. The van der Waals surface area contributed by atoms with Crippen LogP contribution in [0.4, 0.5) is 0 Å².